The highest BCUT2D eigenvalue weighted by Crippen LogP contribution is 2.24. The maximum absolute atomic E-state index is 12.3. The van der Waals surface area contributed by atoms with Crippen molar-refractivity contribution in [2.75, 3.05) is 13.1 Å². The summed E-state index contributed by atoms with van der Waals surface area (Å²) in [5.41, 5.74) is 8.32. The van der Waals surface area contributed by atoms with Gasteiger partial charge in [-0.1, -0.05) is 31.2 Å². The summed E-state index contributed by atoms with van der Waals surface area (Å²) in [6, 6.07) is 8.51. The predicted molar refractivity (Wildman–Crippen MR) is 77.8 cm³/mol. The second kappa shape index (κ2) is 6.20. The molecule has 0 radical (unpaired) electrons. The van der Waals surface area contributed by atoms with Crippen LogP contribution >= 0.6 is 0 Å². The van der Waals surface area contributed by atoms with E-state index < -0.39 is 0 Å². The lowest BCUT2D eigenvalue weighted by Gasteiger charge is -2.25. The number of amides is 1. The van der Waals surface area contributed by atoms with Crippen molar-refractivity contribution in [3.05, 3.63) is 35.4 Å². The molecular weight excluding hydrogens is 236 g/mol. The molecule has 104 valence electrons. The van der Waals surface area contributed by atoms with Crippen LogP contribution in [0, 0.1) is 12.8 Å². The summed E-state index contributed by atoms with van der Waals surface area (Å²) in [5, 5.41) is 0. The molecule has 1 aromatic rings. The minimum atomic E-state index is 0.240. The van der Waals surface area contributed by atoms with E-state index in [9.17, 15) is 4.79 Å². The van der Waals surface area contributed by atoms with E-state index in [1.165, 1.54) is 11.1 Å². The molecular formula is C16H24N2O. The molecule has 0 aromatic heterocycles. The molecule has 3 heteroatoms. The van der Waals surface area contributed by atoms with E-state index in [1.807, 2.05) is 17.0 Å². The second-order valence-corrected chi connectivity index (χ2v) is 5.58. The Kier molecular flexibility index (Phi) is 4.59. The fraction of sp³-hybridized carbons (Fsp3) is 0.562. The molecule has 1 fully saturated rings. The normalized spacial score (nSPS) is 22.8. The Hall–Kier alpha value is -1.35. The highest BCUT2D eigenvalue weighted by molar-refractivity contribution is 5.77. The zero-order chi connectivity index (χ0) is 13.8. The molecule has 19 heavy (non-hydrogen) atoms. The van der Waals surface area contributed by atoms with Crippen molar-refractivity contribution in [1.82, 2.24) is 4.90 Å². The number of nitrogens with two attached hydrogens (primary N) is 1. The Morgan fingerprint density at radius 1 is 1.42 bits per heavy atom. The maximum Gasteiger partial charge on any atom is 0.223 e. The summed E-state index contributed by atoms with van der Waals surface area (Å²) in [4.78, 5) is 14.3. The van der Waals surface area contributed by atoms with Gasteiger partial charge in [0.15, 0.2) is 0 Å². The van der Waals surface area contributed by atoms with Crippen LogP contribution in [0.5, 0.6) is 0 Å². The Balaban J connectivity index is 1.93. The zero-order valence-corrected chi connectivity index (χ0v) is 11.9. The molecule has 2 N–H and O–H groups in total. The van der Waals surface area contributed by atoms with E-state index in [4.69, 9.17) is 5.73 Å². The van der Waals surface area contributed by atoms with E-state index in [0.29, 0.717) is 18.9 Å². The topological polar surface area (TPSA) is 46.3 Å². The van der Waals surface area contributed by atoms with Crippen LogP contribution in [0.25, 0.3) is 0 Å². The average Bonchev–Trinajstić information content (AvgIpc) is 2.78. The SMILES string of the molecule is Cc1ccccc1CCC(=O)N1CCC(C)C1CN. The van der Waals surface area contributed by atoms with E-state index >= 15 is 0 Å². The Morgan fingerprint density at radius 2 is 2.16 bits per heavy atom. The molecule has 1 aliphatic heterocycles. The summed E-state index contributed by atoms with van der Waals surface area (Å²) in [6.07, 6.45) is 2.50. The largest absolute Gasteiger partial charge is 0.338 e. The van der Waals surface area contributed by atoms with Gasteiger partial charge in [0.05, 0.1) is 0 Å². The summed E-state index contributed by atoms with van der Waals surface area (Å²) in [5.74, 6) is 0.787. The zero-order valence-electron chi connectivity index (χ0n) is 11.9. The van der Waals surface area contributed by atoms with Crippen molar-refractivity contribution in [3.63, 3.8) is 0 Å². The lowest BCUT2D eigenvalue weighted by Crippen LogP contribution is -2.42. The fourth-order valence-corrected chi connectivity index (χ4v) is 2.95. The molecule has 0 saturated carbocycles. The number of benzene rings is 1. The quantitative estimate of drug-likeness (QED) is 0.901. The molecule has 0 spiro atoms. The number of nitrogens with zero attached hydrogens (tertiary/aromatic N) is 1. The molecule has 3 nitrogen and oxygen atoms in total. The predicted octanol–water partition coefficient (Wildman–Crippen LogP) is 2.12. The van der Waals surface area contributed by atoms with Crippen LogP contribution in [0.2, 0.25) is 0 Å². The molecule has 1 aromatic carbocycles. The third kappa shape index (κ3) is 3.16. The van der Waals surface area contributed by atoms with Gasteiger partial charge in [0.1, 0.15) is 0 Å². The Morgan fingerprint density at radius 3 is 2.84 bits per heavy atom. The Labute approximate surface area is 115 Å². The molecule has 1 aliphatic rings. The van der Waals surface area contributed by atoms with Crippen LogP contribution in [0.15, 0.2) is 24.3 Å². The van der Waals surface area contributed by atoms with Gasteiger partial charge >= 0.3 is 0 Å². The van der Waals surface area contributed by atoms with Crippen molar-refractivity contribution in [2.45, 2.75) is 39.2 Å². The van der Waals surface area contributed by atoms with Gasteiger partial charge in [-0.05, 0) is 36.8 Å². The molecule has 1 saturated heterocycles. The molecule has 2 atom stereocenters. The monoisotopic (exact) mass is 260 g/mol. The summed E-state index contributed by atoms with van der Waals surface area (Å²) in [7, 11) is 0. The highest BCUT2D eigenvalue weighted by Gasteiger charge is 2.32. The highest BCUT2D eigenvalue weighted by atomic mass is 16.2. The first-order valence-corrected chi connectivity index (χ1v) is 7.17. The number of carbonyl (C=O) groups excluding carboxylic acids is 1. The van der Waals surface area contributed by atoms with Gasteiger partial charge in [-0.2, -0.15) is 0 Å². The minimum absolute atomic E-state index is 0.240. The van der Waals surface area contributed by atoms with E-state index in [0.717, 1.165) is 19.4 Å². The van der Waals surface area contributed by atoms with Crippen LogP contribution in [0.4, 0.5) is 0 Å². The molecule has 0 aliphatic carbocycles. The first-order chi connectivity index (χ1) is 9.13. The van der Waals surface area contributed by atoms with E-state index in [2.05, 4.69) is 26.0 Å². The average molecular weight is 260 g/mol. The minimum Gasteiger partial charge on any atom is -0.338 e. The van der Waals surface area contributed by atoms with E-state index in [1.54, 1.807) is 0 Å². The second-order valence-electron chi connectivity index (χ2n) is 5.58. The third-order valence-corrected chi connectivity index (χ3v) is 4.31. The van der Waals surface area contributed by atoms with Gasteiger partial charge in [0.25, 0.3) is 0 Å². The Bertz CT molecular complexity index is 444. The summed E-state index contributed by atoms with van der Waals surface area (Å²) in [6.45, 7) is 5.74. The molecule has 0 bridgehead atoms. The van der Waals surface area contributed by atoms with Crippen LogP contribution < -0.4 is 5.73 Å². The van der Waals surface area contributed by atoms with Crippen LogP contribution in [-0.2, 0) is 11.2 Å². The third-order valence-electron chi connectivity index (χ3n) is 4.31. The lowest BCUT2D eigenvalue weighted by atomic mass is 10.0. The van der Waals surface area contributed by atoms with Crippen LogP contribution in [0.1, 0.15) is 30.9 Å². The standard InChI is InChI=1S/C16H24N2O/c1-12-5-3-4-6-14(12)7-8-16(19)18-10-9-13(2)15(18)11-17/h3-6,13,15H,7-11,17H2,1-2H3. The number of carbonyl (C=O) groups is 1. The molecule has 1 heterocycles. The first-order valence-electron chi connectivity index (χ1n) is 7.17. The van der Waals surface area contributed by atoms with Crippen molar-refractivity contribution in [3.8, 4) is 0 Å². The molecule has 2 rings (SSSR count). The van der Waals surface area contributed by atoms with Gasteiger partial charge in [-0.3, -0.25) is 4.79 Å². The van der Waals surface area contributed by atoms with Gasteiger partial charge < -0.3 is 10.6 Å². The number of hydrogen-bond acceptors (Lipinski definition) is 2. The molecule has 2 unspecified atom stereocenters. The number of rotatable bonds is 4. The van der Waals surface area contributed by atoms with Crippen molar-refractivity contribution in [2.24, 2.45) is 11.7 Å². The van der Waals surface area contributed by atoms with E-state index in [-0.39, 0.29) is 11.9 Å². The summed E-state index contributed by atoms with van der Waals surface area (Å²) >= 11 is 0. The first kappa shape index (κ1) is 14.1. The van der Waals surface area contributed by atoms with Crippen LogP contribution in [-0.4, -0.2) is 29.9 Å². The van der Waals surface area contributed by atoms with Crippen LogP contribution in [0.3, 0.4) is 0 Å². The smallest absolute Gasteiger partial charge is 0.223 e. The maximum atomic E-state index is 12.3. The van der Waals surface area contributed by atoms with Crippen molar-refractivity contribution in [1.29, 1.82) is 0 Å². The fourth-order valence-electron chi connectivity index (χ4n) is 2.95. The lowest BCUT2D eigenvalue weighted by molar-refractivity contribution is -0.132. The molecule has 1 amide bonds. The van der Waals surface area contributed by atoms with Gasteiger partial charge in [0, 0.05) is 25.6 Å². The number of likely N-dealkylation sites (tertiary alicyclic amines) is 1. The number of hydrogen-bond donors (Lipinski definition) is 1. The summed E-state index contributed by atoms with van der Waals surface area (Å²) < 4.78 is 0. The number of aryl methyl sites for hydroxylation is 2. The van der Waals surface area contributed by atoms with Gasteiger partial charge in [-0.15, -0.1) is 0 Å². The van der Waals surface area contributed by atoms with Gasteiger partial charge in [-0.25, -0.2) is 0 Å². The van der Waals surface area contributed by atoms with Gasteiger partial charge in [0.2, 0.25) is 5.91 Å². The van der Waals surface area contributed by atoms with Crippen molar-refractivity contribution >= 4 is 5.91 Å². The van der Waals surface area contributed by atoms with Crippen molar-refractivity contribution < 1.29 is 4.79 Å².